The van der Waals surface area contributed by atoms with Crippen LogP contribution in [0.25, 0.3) is 21.9 Å². The minimum absolute atomic E-state index is 0.122. The van der Waals surface area contributed by atoms with E-state index in [1.165, 1.54) is 17.7 Å². The molecular weight excluding hydrogens is 543 g/mol. The predicted octanol–water partition coefficient (Wildman–Crippen LogP) is 6.10. The van der Waals surface area contributed by atoms with Crippen LogP contribution >= 0.6 is 0 Å². The number of carboxylic acid groups (broad SMARTS) is 1. The summed E-state index contributed by atoms with van der Waals surface area (Å²) < 4.78 is 39.9. The van der Waals surface area contributed by atoms with Gasteiger partial charge in [-0.2, -0.15) is 0 Å². The summed E-state index contributed by atoms with van der Waals surface area (Å²) in [6.45, 7) is 11.2. The highest BCUT2D eigenvalue weighted by Crippen LogP contribution is 2.43. The molecule has 0 fully saturated rings. The van der Waals surface area contributed by atoms with Crippen molar-refractivity contribution in [2.75, 3.05) is 6.61 Å². The first-order chi connectivity index (χ1) is 19.8. The number of pyridine rings is 1. The van der Waals surface area contributed by atoms with Crippen LogP contribution in [0.1, 0.15) is 67.5 Å². The number of oxazole rings is 1. The number of ether oxygens (including phenoxy) is 3. The van der Waals surface area contributed by atoms with Crippen molar-refractivity contribution in [3.63, 3.8) is 0 Å². The minimum atomic E-state index is -1.51. The summed E-state index contributed by atoms with van der Waals surface area (Å²) >= 11 is 0. The molecule has 2 aromatic heterocycles. The number of hydrogen-bond acceptors (Lipinski definition) is 7. The van der Waals surface area contributed by atoms with Crippen LogP contribution in [0.2, 0.25) is 0 Å². The van der Waals surface area contributed by atoms with E-state index in [9.17, 15) is 14.7 Å². The normalized spacial score (nSPS) is 14.0. The fourth-order valence-electron chi connectivity index (χ4n) is 5.55. The highest BCUT2D eigenvalue weighted by molar-refractivity contribution is 6.00. The number of nitrogens with zero attached hydrogens (tertiary/aromatic N) is 2. The molecule has 1 N–H and O–H groups in total. The number of aryl methyl sites for hydroxylation is 2. The number of carboxylic acids is 1. The molecule has 0 radical (unpaired) electrons. The maximum absolute atomic E-state index is 15.5. The molecular formula is C32H35FN2O7. The molecule has 0 aliphatic carbocycles. The van der Waals surface area contributed by atoms with E-state index in [1.54, 1.807) is 52.8 Å². The standard InChI is InChI=1S/C32H35FN2O7/c1-16-20-9-8-12-39-28(20)24(33)14-22(16)26-21-11-10-19(40-15-25-17(2)41-18(3)34-25)13-23(21)30(36)35(7)27(26)29(31(37)38)42-32(4,5)6/h10-11,13-14,29H,8-9,12,15H2,1-7H3,(H,37,38)/t29-/m0/s1. The van der Waals surface area contributed by atoms with Crippen molar-refractivity contribution < 1.29 is 32.9 Å². The van der Waals surface area contributed by atoms with Gasteiger partial charge in [-0.3, -0.25) is 4.79 Å². The van der Waals surface area contributed by atoms with Gasteiger partial charge in [0.25, 0.3) is 5.56 Å². The molecule has 5 rings (SSSR count). The molecule has 1 atom stereocenters. The molecule has 0 spiro atoms. The summed E-state index contributed by atoms with van der Waals surface area (Å²) in [4.78, 5) is 30.8. The van der Waals surface area contributed by atoms with Crippen molar-refractivity contribution in [2.45, 2.75) is 72.7 Å². The highest BCUT2D eigenvalue weighted by Gasteiger charge is 2.34. The van der Waals surface area contributed by atoms with E-state index in [-0.39, 0.29) is 23.4 Å². The molecule has 4 aromatic rings. The second kappa shape index (κ2) is 10.9. The topological polar surface area (TPSA) is 113 Å². The molecule has 0 unspecified atom stereocenters. The van der Waals surface area contributed by atoms with E-state index in [0.29, 0.717) is 52.6 Å². The number of aliphatic carboxylic acids is 1. The second-order valence-corrected chi connectivity index (χ2v) is 11.6. The molecule has 0 saturated carbocycles. The fourth-order valence-corrected chi connectivity index (χ4v) is 5.55. The lowest BCUT2D eigenvalue weighted by Gasteiger charge is -2.29. The largest absolute Gasteiger partial charge is 0.490 e. The van der Waals surface area contributed by atoms with E-state index in [2.05, 4.69) is 4.98 Å². The first-order valence-electron chi connectivity index (χ1n) is 13.8. The lowest BCUT2D eigenvalue weighted by atomic mass is 9.87. The molecule has 1 aliphatic rings. The maximum atomic E-state index is 15.5. The summed E-state index contributed by atoms with van der Waals surface area (Å²) in [5.74, 6) is -0.00480. The molecule has 0 bridgehead atoms. The molecule has 9 nitrogen and oxygen atoms in total. The van der Waals surface area contributed by atoms with Crippen LogP contribution < -0.4 is 15.0 Å². The highest BCUT2D eigenvalue weighted by atomic mass is 19.1. The van der Waals surface area contributed by atoms with Gasteiger partial charge in [0.2, 0.25) is 0 Å². The van der Waals surface area contributed by atoms with Gasteiger partial charge < -0.3 is 28.3 Å². The number of aromatic nitrogens is 2. The number of carbonyl (C=O) groups is 1. The Balaban J connectivity index is 1.77. The summed E-state index contributed by atoms with van der Waals surface area (Å²) in [6.07, 6.45) is -0.163. The molecule has 1 aliphatic heterocycles. The summed E-state index contributed by atoms with van der Waals surface area (Å²) in [7, 11) is 1.50. The van der Waals surface area contributed by atoms with Crippen LogP contribution in [-0.4, -0.2) is 32.8 Å². The zero-order chi connectivity index (χ0) is 30.5. The average Bonchev–Trinajstić information content (AvgIpc) is 3.26. The molecule has 3 heterocycles. The number of halogens is 1. The van der Waals surface area contributed by atoms with Crippen LogP contribution in [-0.2, 0) is 29.6 Å². The Morgan fingerprint density at radius 1 is 1.19 bits per heavy atom. The van der Waals surface area contributed by atoms with Gasteiger partial charge >= 0.3 is 5.97 Å². The van der Waals surface area contributed by atoms with Crippen molar-refractivity contribution in [2.24, 2.45) is 7.05 Å². The smallest absolute Gasteiger partial charge is 0.339 e. The Labute approximate surface area is 242 Å². The van der Waals surface area contributed by atoms with Gasteiger partial charge in [-0.25, -0.2) is 14.2 Å². The second-order valence-electron chi connectivity index (χ2n) is 11.6. The first-order valence-corrected chi connectivity index (χ1v) is 13.8. The summed E-state index contributed by atoms with van der Waals surface area (Å²) in [5.41, 5.74) is 1.83. The van der Waals surface area contributed by atoms with Crippen molar-refractivity contribution >= 4 is 16.7 Å². The van der Waals surface area contributed by atoms with Gasteiger partial charge in [-0.15, -0.1) is 0 Å². The van der Waals surface area contributed by atoms with Crippen LogP contribution in [0.3, 0.4) is 0 Å². The van der Waals surface area contributed by atoms with E-state index < -0.39 is 29.1 Å². The van der Waals surface area contributed by atoms with Crippen LogP contribution in [0.15, 0.2) is 33.5 Å². The van der Waals surface area contributed by atoms with E-state index >= 15 is 4.39 Å². The predicted molar refractivity (Wildman–Crippen MR) is 155 cm³/mol. The Morgan fingerprint density at radius 2 is 1.93 bits per heavy atom. The lowest BCUT2D eigenvalue weighted by Crippen LogP contribution is -2.33. The van der Waals surface area contributed by atoms with Crippen LogP contribution in [0, 0.1) is 26.6 Å². The SMILES string of the molecule is Cc1nc(COc2ccc3c(-c4cc(F)c5c(c4C)CCCO5)c([C@H](OC(C)(C)C)C(=O)O)n(C)c(=O)c3c2)c(C)o1. The van der Waals surface area contributed by atoms with Crippen molar-refractivity contribution in [1.82, 2.24) is 9.55 Å². The Morgan fingerprint density at radius 3 is 2.57 bits per heavy atom. The average molecular weight is 579 g/mol. The van der Waals surface area contributed by atoms with Crippen molar-refractivity contribution in [3.05, 3.63) is 74.6 Å². The molecule has 42 heavy (non-hydrogen) atoms. The fraction of sp³-hybridized carbons (Fsp3) is 0.406. The third-order valence-electron chi connectivity index (χ3n) is 7.44. The number of fused-ring (bicyclic) bond motifs is 2. The molecule has 0 saturated heterocycles. The monoisotopic (exact) mass is 578 g/mol. The maximum Gasteiger partial charge on any atom is 0.339 e. The molecule has 0 amide bonds. The van der Waals surface area contributed by atoms with E-state index in [1.807, 2.05) is 6.92 Å². The number of benzene rings is 2. The van der Waals surface area contributed by atoms with Crippen LogP contribution in [0.5, 0.6) is 11.5 Å². The third-order valence-corrected chi connectivity index (χ3v) is 7.44. The molecule has 222 valence electrons. The lowest BCUT2D eigenvalue weighted by molar-refractivity contribution is -0.161. The van der Waals surface area contributed by atoms with Gasteiger partial charge in [-0.05, 0) is 88.2 Å². The van der Waals surface area contributed by atoms with E-state index in [0.717, 1.165) is 17.5 Å². The molecule has 2 aromatic carbocycles. The molecule has 10 heteroatoms. The Kier molecular flexibility index (Phi) is 7.61. The quantitative estimate of drug-likeness (QED) is 0.280. The zero-order valence-electron chi connectivity index (χ0n) is 24.9. The van der Waals surface area contributed by atoms with Crippen molar-refractivity contribution in [1.29, 1.82) is 0 Å². The van der Waals surface area contributed by atoms with Gasteiger partial charge in [-0.1, -0.05) is 0 Å². The van der Waals surface area contributed by atoms with Crippen molar-refractivity contribution in [3.8, 4) is 22.6 Å². The van der Waals surface area contributed by atoms with Gasteiger partial charge in [0, 0.05) is 25.1 Å². The summed E-state index contributed by atoms with van der Waals surface area (Å²) in [6, 6.07) is 6.37. The van der Waals surface area contributed by atoms with Gasteiger partial charge in [0.05, 0.1) is 23.3 Å². The number of hydrogen-bond donors (Lipinski definition) is 1. The Hall–Kier alpha value is -4.18. The first kappa shape index (κ1) is 29.3. The summed E-state index contributed by atoms with van der Waals surface area (Å²) in [5, 5.41) is 11.1. The third kappa shape index (κ3) is 5.38. The zero-order valence-corrected chi connectivity index (χ0v) is 24.9. The minimum Gasteiger partial charge on any atom is -0.490 e. The van der Waals surface area contributed by atoms with Crippen LogP contribution in [0.4, 0.5) is 4.39 Å². The van der Waals surface area contributed by atoms with E-state index in [4.69, 9.17) is 18.6 Å². The van der Waals surface area contributed by atoms with Gasteiger partial charge in [0.1, 0.15) is 23.8 Å². The number of rotatable bonds is 7. The van der Waals surface area contributed by atoms with Gasteiger partial charge in [0.15, 0.2) is 23.6 Å². The Bertz CT molecular complexity index is 1760.